The van der Waals surface area contributed by atoms with Crippen LogP contribution in [-0.2, 0) is 16.1 Å². The summed E-state index contributed by atoms with van der Waals surface area (Å²) in [4.78, 5) is 26.4. The predicted molar refractivity (Wildman–Crippen MR) is 107 cm³/mol. The highest BCUT2D eigenvalue weighted by Gasteiger charge is 2.27. The number of carbonyl (C=O) groups excluding carboxylic acids is 2. The SMILES string of the molecule is O=C(NCc1ccccc1)C1CCN(C(=O)COc2ccc(Br)cc2)CC1. The molecule has 2 aromatic rings. The Morgan fingerprint density at radius 1 is 1.04 bits per heavy atom. The van der Waals surface area contributed by atoms with Gasteiger partial charge in [-0.3, -0.25) is 9.59 Å². The number of carbonyl (C=O) groups is 2. The normalized spacial score (nSPS) is 14.6. The lowest BCUT2D eigenvalue weighted by atomic mass is 9.96. The Morgan fingerprint density at radius 3 is 2.37 bits per heavy atom. The third-order valence-electron chi connectivity index (χ3n) is 4.70. The molecular weight excluding hydrogens is 408 g/mol. The molecule has 3 rings (SSSR count). The third-order valence-corrected chi connectivity index (χ3v) is 5.23. The van der Waals surface area contributed by atoms with Crippen LogP contribution < -0.4 is 10.1 Å². The van der Waals surface area contributed by atoms with Crippen LogP contribution in [0, 0.1) is 5.92 Å². The topological polar surface area (TPSA) is 58.6 Å². The molecule has 0 saturated carbocycles. The monoisotopic (exact) mass is 430 g/mol. The van der Waals surface area contributed by atoms with Gasteiger partial charge in [0.2, 0.25) is 5.91 Å². The Hall–Kier alpha value is -2.34. The van der Waals surface area contributed by atoms with E-state index in [0.717, 1.165) is 10.0 Å². The summed E-state index contributed by atoms with van der Waals surface area (Å²) in [6, 6.07) is 17.3. The number of ether oxygens (including phenoxy) is 1. The van der Waals surface area contributed by atoms with E-state index in [1.807, 2.05) is 54.6 Å². The van der Waals surface area contributed by atoms with Gasteiger partial charge in [0, 0.05) is 30.0 Å². The molecule has 0 bridgehead atoms. The molecule has 1 aliphatic rings. The highest BCUT2D eigenvalue weighted by Crippen LogP contribution is 2.19. The zero-order valence-electron chi connectivity index (χ0n) is 15.1. The van der Waals surface area contributed by atoms with Crippen molar-refractivity contribution in [1.82, 2.24) is 10.2 Å². The molecule has 27 heavy (non-hydrogen) atoms. The maximum absolute atomic E-state index is 12.3. The first-order chi connectivity index (χ1) is 13.1. The molecule has 0 aromatic heterocycles. The van der Waals surface area contributed by atoms with E-state index >= 15 is 0 Å². The number of hydrogen-bond acceptors (Lipinski definition) is 3. The van der Waals surface area contributed by atoms with Gasteiger partial charge in [0.1, 0.15) is 5.75 Å². The predicted octanol–water partition coefficient (Wildman–Crippen LogP) is 3.38. The summed E-state index contributed by atoms with van der Waals surface area (Å²) in [5.41, 5.74) is 1.09. The molecule has 2 aromatic carbocycles. The van der Waals surface area contributed by atoms with Crippen LogP contribution in [0.4, 0.5) is 0 Å². The number of halogens is 1. The number of nitrogens with one attached hydrogen (secondary N) is 1. The fraction of sp³-hybridized carbons (Fsp3) is 0.333. The van der Waals surface area contributed by atoms with Crippen molar-refractivity contribution in [1.29, 1.82) is 0 Å². The Balaban J connectivity index is 1.39. The van der Waals surface area contributed by atoms with Gasteiger partial charge < -0.3 is 15.0 Å². The van der Waals surface area contributed by atoms with Crippen molar-refractivity contribution in [3.63, 3.8) is 0 Å². The standard InChI is InChI=1S/C21H23BrN2O3/c22-18-6-8-19(9-7-18)27-15-20(25)24-12-10-17(11-13-24)21(26)23-14-16-4-2-1-3-5-16/h1-9,17H,10-15H2,(H,23,26). The summed E-state index contributed by atoms with van der Waals surface area (Å²) in [5, 5.41) is 2.99. The molecule has 1 saturated heterocycles. The van der Waals surface area contributed by atoms with Gasteiger partial charge in [0.25, 0.3) is 5.91 Å². The molecule has 0 unspecified atom stereocenters. The van der Waals surface area contributed by atoms with Crippen LogP contribution in [-0.4, -0.2) is 36.4 Å². The third kappa shape index (κ3) is 5.82. The Bertz CT molecular complexity index is 757. The highest BCUT2D eigenvalue weighted by atomic mass is 79.9. The number of likely N-dealkylation sites (tertiary alicyclic amines) is 1. The quantitative estimate of drug-likeness (QED) is 0.763. The fourth-order valence-electron chi connectivity index (χ4n) is 3.09. The van der Waals surface area contributed by atoms with Crippen molar-refractivity contribution >= 4 is 27.7 Å². The zero-order chi connectivity index (χ0) is 19.1. The van der Waals surface area contributed by atoms with Gasteiger partial charge in [0.15, 0.2) is 6.61 Å². The molecular formula is C21H23BrN2O3. The first-order valence-electron chi connectivity index (χ1n) is 9.09. The number of hydrogen-bond donors (Lipinski definition) is 1. The van der Waals surface area contributed by atoms with E-state index in [9.17, 15) is 9.59 Å². The van der Waals surface area contributed by atoms with E-state index in [1.165, 1.54) is 0 Å². The number of rotatable bonds is 6. The Morgan fingerprint density at radius 2 is 1.70 bits per heavy atom. The average molecular weight is 431 g/mol. The summed E-state index contributed by atoms with van der Waals surface area (Å²) < 4.78 is 6.51. The van der Waals surface area contributed by atoms with E-state index in [1.54, 1.807) is 4.90 Å². The minimum atomic E-state index is -0.0407. The largest absolute Gasteiger partial charge is 0.484 e. The molecule has 0 spiro atoms. The molecule has 0 radical (unpaired) electrons. The van der Waals surface area contributed by atoms with Gasteiger partial charge in [-0.05, 0) is 42.7 Å². The van der Waals surface area contributed by atoms with Crippen LogP contribution in [0.2, 0.25) is 0 Å². The molecule has 142 valence electrons. The van der Waals surface area contributed by atoms with Crippen LogP contribution in [0.3, 0.4) is 0 Å². The van der Waals surface area contributed by atoms with Gasteiger partial charge in [-0.1, -0.05) is 46.3 Å². The minimum absolute atomic E-state index is 0.0203. The molecule has 0 aliphatic carbocycles. The highest BCUT2D eigenvalue weighted by molar-refractivity contribution is 9.10. The van der Waals surface area contributed by atoms with E-state index in [4.69, 9.17) is 4.74 Å². The Kier molecular flexibility index (Phi) is 6.87. The van der Waals surface area contributed by atoms with Crippen molar-refractivity contribution in [3.05, 3.63) is 64.6 Å². The van der Waals surface area contributed by atoms with Crippen LogP contribution in [0.25, 0.3) is 0 Å². The van der Waals surface area contributed by atoms with Crippen LogP contribution >= 0.6 is 15.9 Å². The Labute approximate surface area is 167 Å². The fourth-order valence-corrected chi connectivity index (χ4v) is 3.35. The average Bonchev–Trinajstić information content (AvgIpc) is 2.72. The summed E-state index contributed by atoms with van der Waals surface area (Å²) in [6.07, 6.45) is 1.37. The van der Waals surface area contributed by atoms with Gasteiger partial charge in [-0.2, -0.15) is 0 Å². The lowest BCUT2D eigenvalue weighted by Gasteiger charge is -2.31. The molecule has 1 aliphatic heterocycles. The summed E-state index contributed by atoms with van der Waals surface area (Å²) in [5.74, 6) is 0.657. The van der Waals surface area contributed by atoms with Gasteiger partial charge in [0.05, 0.1) is 0 Å². The molecule has 1 N–H and O–H groups in total. The lowest BCUT2D eigenvalue weighted by Crippen LogP contribution is -2.44. The molecule has 5 nitrogen and oxygen atoms in total. The first kappa shape index (κ1) is 19.4. The minimum Gasteiger partial charge on any atom is -0.484 e. The number of benzene rings is 2. The van der Waals surface area contributed by atoms with E-state index in [2.05, 4.69) is 21.2 Å². The van der Waals surface area contributed by atoms with Gasteiger partial charge >= 0.3 is 0 Å². The van der Waals surface area contributed by atoms with E-state index in [-0.39, 0.29) is 24.3 Å². The molecule has 0 atom stereocenters. The maximum Gasteiger partial charge on any atom is 0.260 e. The number of amides is 2. The molecule has 1 heterocycles. The molecule has 6 heteroatoms. The second kappa shape index (κ2) is 9.55. The second-order valence-electron chi connectivity index (χ2n) is 6.60. The van der Waals surface area contributed by atoms with E-state index < -0.39 is 0 Å². The maximum atomic E-state index is 12.3. The molecule has 2 amide bonds. The summed E-state index contributed by atoms with van der Waals surface area (Å²) in [6.45, 7) is 1.74. The smallest absolute Gasteiger partial charge is 0.260 e. The first-order valence-corrected chi connectivity index (χ1v) is 9.89. The van der Waals surface area contributed by atoms with Crippen LogP contribution in [0.5, 0.6) is 5.75 Å². The summed E-state index contributed by atoms with van der Waals surface area (Å²) in [7, 11) is 0. The number of nitrogens with zero attached hydrogens (tertiary/aromatic N) is 1. The lowest BCUT2D eigenvalue weighted by molar-refractivity contribution is -0.137. The van der Waals surface area contributed by atoms with Crippen LogP contribution in [0.1, 0.15) is 18.4 Å². The van der Waals surface area contributed by atoms with Crippen molar-refractivity contribution < 1.29 is 14.3 Å². The number of piperidine rings is 1. The van der Waals surface area contributed by atoms with E-state index in [0.29, 0.717) is 38.2 Å². The van der Waals surface area contributed by atoms with Crippen LogP contribution in [0.15, 0.2) is 59.1 Å². The van der Waals surface area contributed by atoms with Crippen molar-refractivity contribution in [2.45, 2.75) is 19.4 Å². The van der Waals surface area contributed by atoms with Crippen molar-refractivity contribution in [2.24, 2.45) is 5.92 Å². The molecule has 1 fully saturated rings. The zero-order valence-corrected chi connectivity index (χ0v) is 16.7. The van der Waals surface area contributed by atoms with Crippen molar-refractivity contribution in [3.8, 4) is 5.75 Å². The van der Waals surface area contributed by atoms with Crippen molar-refractivity contribution in [2.75, 3.05) is 19.7 Å². The second-order valence-corrected chi connectivity index (χ2v) is 7.52. The van der Waals surface area contributed by atoms with Gasteiger partial charge in [-0.15, -0.1) is 0 Å². The summed E-state index contributed by atoms with van der Waals surface area (Å²) >= 11 is 3.37. The van der Waals surface area contributed by atoms with Gasteiger partial charge in [-0.25, -0.2) is 0 Å².